The lowest BCUT2D eigenvalue weighted by Crippen LogP contribution is -2.43. The van der Waals surface area contributed by atoms with Gasteiger partial charge >= 0.3 is 0 Å². The van der Waals surface area contributed by atoms with E-state index in [1.54, 1.807) is 30.2 Å². The molecule has 170 valence electrons. The van der Waals surface area contributed by atoms with Crippen molar-refractivity contribution in [1.29, 1.82) is 0 Å². The Labute approximate surface area is 192 Å². The van der Waals surface area contributed by atoms with E-state index in [2.05, 4.69) is 16.3 Å². The molecular weight excluding hydrogens is 421 g/mol. The summed E-state index contributed by atoms with van der Waals surface area (Å²) >= 11 is 0. The Hall–Kier alpha value is -3.42. The van der Waals surface area contributed by atoms with Crippen LogP contribution in [0.5, 0.6) is 5.75 Å². The number of nitrogens with zero attached hydrogens (tertiary/aromatic N) is 2. The van der Waals surface area contributed by atoms with E-state index in [9.17, 15) is 9.18 Å². The number of benzene rings is 3. The molecule has 5 rings (SSSR count). The first-order valence-electron chi connectivity index (χ1n) is 11.1. The van der Waals surface area contributed by atoms with Crippen molar-refractivity contribution in [1.82, 2.24) is 4.90 Å². The third-order valence-electron chi connectivity index (χ3n) is 6.15. The molecule has 2 aliphatic heterocycles. The molecule has 1 amide bonds. The number of hydrogen-bond acceptors (Lipinski definition) is 5. The maximum absolute atomic E-state index is 13.6. The van der Waals surface area contributed by atoms with Crippen LogP contribution in [0.2, 0.25) is 0 Å². The Bertz CT molecular complexity index is 1150. The molecule has 3 aromatic rings. The van der Waals surface area contributed by atoms with Crippen LogP contribution in [0.15, 0.2) is 66.7 Å². The van der Waals surface area contributed by atoms with E-state index in [1.807, 2.05) is 30.3 Å². The number of para-hydroxylation sites is 1. The highest BCUT2D eigenvalue weighted by Crippen LogP contribution is 2.38. The van der Waals surface area contributed by atoms with Gasteiger partial charge in [0.05, 0.1) is 25.9 Å². The van der Waals surface area contributed by atoms with E-state index in [1.165, 1.54) is 12.1 Å². The smallest absolute Gasteiger partial charge is 0.262 e. The third-order valence-corrected chi connectivity index (χ3v) is 6.15. The fraction of sp³-hybridized carbons (Fsp3) is 0.269. The van der Waals surface area contributed by atoms with Crippen molar-refractivity contribution in [2.24, 2.45) is 0 Å². The summed E-state index contributed by atoms with van der Waals surface area (Å²) in [5.41, 5.74) is 3.95. The largest absolute Gasteiger partial charge is 0.496 e. The molecule has 0 aliphatic carbocycles. The summed E-state index contributed by atoms with van der Waals surface area (Å²) in [5, 5.41) is 3.51. The molecule has 2 heterocycles. The molecule has 0 spiro atoms. The molecule has 6 nitrogen and oxygen atoms in total. The fourth-order valence-electron chi connectivity index (χ4n) is 4.45. The van der Waals surface area contributed by atoms with Gasteiger partial charge < -0.3 is 14.8 Å². The van der Waals surface area contributed by atoms with Gasteiger partial charge in [-0.1, -0.05) is 18.2 Å². The molecule has 33 heavy (non-hydrogen) atoms. The van der Waals surface area contributed by atoms with E-state index in [-0.39, 0.29) is 11.7 Å². The van der Waals surface area contributed by atoms with Crippen LogP contribution in [-0.4, -0.2) is 44.2 Å². The quantitative estimate of drug-likeness (QED) is 0.627. The summed E-state index contributed by atoms with van der Waals surface area (Å²) in [4.78, 5) is 17.6. The number of amides is 1. The predicted molar refractivity (Wildman–Crippen MR) is 125 cm³/mol. The van der Waals surface area contributed by atoms with Crippen molar-refractivity contribution in [3.8, 4) is 5.75 Å². The van der Waals surface area contributed by atoms with E-state index >= 15 is 0 Å². The highest BCUT2D eigenvalue weighted by atomic mass is 19.1. The molecule has 1 saturated heterocycles. The average Bonchev–Trinajstić information content (AvgIpc) is 2.85. The molecule has 0 bridgehead atoms. The predicted octanol–water partition coefficient (Wildman–Crippen LogP) is 4.44. The number of halogens is 1. The second kappa shape index (κ2) is 9.21. The lowest BCUT2D eigenvalue weighted by Gasteiger charge is -2.38. The normalized spacial score (nSPS) is 18.5. The van der Waals surface area contributed by atoms with Gasteiger partial charge in [-0.3, -0.25) is 14.6 Å². The van der Waals surface area contributed by atoms with E-state index in [0.29, 0.717) is 11.3 Å². The van der Waals surface area contributed by atoms with Crippen LogP contribution in [0.3, 0.4) is 0 Å². The van der Waals surface area contributed by atoms with Gasteiger partial charge in [-0.05, 0) is 54.1 Å². The Morgan fingerprint density at radius 1 is 1.06 bits per heavy atom. The van der Waals surface area contributed by atoms with Crippen LogP contribution < -0.4 is 15.0 Å². The van der Waals surface area contributed by atoms with Crippen molar-refractivity contribution in [3.63, 3.8) is 0 Å². The molecule has 7 heteroatoms. The molecule has 0 radical (unpaired) electrons. The summed E-state index contributed by atoms with van der Waals surface area (Å²) in [7, 11) is 1.67. The van der Waals surface area contributed by atoms with Crippen LogP contribution in [0.25, 0.3) is 0 Å². The third kappa shape index (κ3) is 4.29. The van der Waals surface area contributed by atoms with Crippen molar-refractivity contribution < 1.29 is 18.7 Å². The molecule has 0 saturated carbocycles. The lowest BCUT2D eigenvalue weighted by molar-refractivity contribution is 0.0338. The molecular formula is C26H26FN3O3. The summed E-state index contributed by atoms with van der Waals surface area (Å²) < 4.78 is 24.7. The zero-order valence-electron chi connectivity index (χ0n) is 18.5. The highest BCUT2D eigenvalue weighted by Gasteiger charge is 2.34. The van der Waals surface area contributed by atoms with Crippen molar-refractivity contribution in [3.05, 3.63) is 89.2 Å². The van der Waals surface area contributed by atoms with Gasteiger partial charge in [0.1, 0.15) is 17.7 Å². The van der Waals surface area contributed by atoms with Crippen LogP contribution in [0.4, 0.5) is 15.8 Å². The average molecular weight is 448 g/mol. The van der Waals surface area contributed by atoms with Crippen molar-refractivity contribution >= 4 is 17.3 Å². The number of ether oxygens (including phenoxy) is 2. The number of morpholine rings is 1. The second-order valence-electron chi connectivity index (χ2n) is 8.20. The monoisotopic (exact) mass is 447 g/mol. The van der Waals surface area contributed by atoms with E-state index in [0.717, 1.165) is 55.4 Å². The standard InChI is InChI=1S/C26H26FN3O3/c1-32-24-11-6-18(16-19(24)17-29-12-14-33-15-13-29)25-28-23-5-3-2-4-22(23)26(31)30(25)21-9-7-20(27)8-10-21/h2-11,16,25,28H,12-15,17H2,1H3. The Balaban J connectivity index is 1.55. The van der Waals surface area contributed by atoms with Gasteiger partial charge in [-0.15, -0.1) is 0 Å². The first kappa shape index (κ1) is 21.4. The number of rotatable bonds is 5. The number of methoxy groups -OCH3 is 1. The first-order valence-corrected chi connectivity index (χ1v) is 11.1. The van der Waals surface area contributed by atoms with Crippen LogP contribution in [-0.2, 0) is 11.3 Å². The topological polar surface area (TPSA) is 54.0 Å². The maximum atomic E-state index is 13.6. The van der Waals surface area contributed by atoms with Crippen molar-refractivity contribution in [2.45, 2.75) is 12.7 Å². The number of hydrogen-bond donors (Lipinski definition) is 1. The lowest BCUT2D eigenvalue weighted by atomic mass is 10.0. The zero-order chi connectivity index (χ0) is 22.8. The molecule has 1 fully saturated rings. The summed E-state index contributed by atoms with van der Waals surface area (Å²) in [5.74, 6) is 0.331. The molecule has 0 aromatic heterocycles. The van der Waals surface area contributed by atoms with Gasteiger partial charge in [0.25, 0.3) is 5.91 Å². The number of fused-ring (bicyclic) bond motifs is 1. The summed E-state index contributed by atoms with van der Waals surface area (Å²) in [6.45, 7) is 3.89. The fourth-order valence-corrected chi connectivity index (χ4v) is 4.45. The van der Waals surface area contributed by atoms with Gasteiger partial charge in [-0.2, -0.15) is 0 Å². The minimum absolute atomic E-state index is 0.133. The Morgan fingerprint density at radius 3 is 2.58 bits per heavy atom. The number of nitrogens with one attached hydrogen (secondary N) is 1. The molecule has 1 N–H and O–H groups in total. The highest BCUT2D eigenvalue weighted by molar-refractivity contribution is 6.12. The summed E-state index contributed by atoms with van der Waals surface area (Å²) in [6, 6.07) is 19.5. The second-order valence-corrected chi connectivity index (χ2v) is 8.20. The molecule has 1 unspecified atom stereocenters. The van der Waals surface area contributed by atoms with Crippen LogP contribution in [0, 0.1) is 5.82 Å². The first-order chi connectivity index (χ1) is 16.1. The van der Waals surface area contributed by atoms with Crippen LogP contribution >= 0.6 is 0 Å². The molecule has 1 atom stereocenters. The maximum Gasteiger partial charge on any atom is 0.262 e. The SMILES string of the molecule is COc1ccc(C2Nc3ccccc3C(=O)N2c2ccc(F)cc2)cc1CN1CCOCC1. The van der Waals surface area contributed by atoms with E-state index in [4.69, 9.17) is 9.47 Å². The minimum atomic E-state index is -0.452. The van der Waals surface area contributed by atoms with Gasteiger partial charge in [0, 0.05) is 36.6 Å². The van der Waals surface area contributed by atoms with Gasteiger partial charge in [0.15, 0.2) is 0 Å². The zero-order valence-corrected chi connectivity index (χ0v) is 18.5. The molecule has 2 aliphatic rings. The van der Waals surface area contributed by atoms with Gasteiger partial charge in [-0.25, -0.2) is 4.39 Å². The number of carbonyl (C=O) groups excluding carboxylic acids is 1. The molecule has 3 aromatic carbocycles. The van der Waals surface area contributed by atoms with E-state index < -0.39 is 6.17 Å². The number of anilines is 2. The van der Waals surface area contributed by atoms with Crippen molar-refractivity contribution in [2.75, 3.05) is 43.6 Å². The number of carbonyl (C=O) groups is 1. The van der Waals surface area contributed by atoms with Crippen LogP contribution in [0.1, 0.15) is 27.7 Å². The Kier molecular flexibility index (Phi) is 5.98. The van der Waals surface area contributed by atoms with Gasteiger partial charge in [0.2, 0.25) is 0 Å². The Morgan fingerprint density at radius 2 is 1.82 bits per heavy atom. The summed E-state index contributed by atoms with van der Waals surface area (Å²) in [6.07, 6.45) is -0.452. The minimum Gasteiger partial charge on any atom is -0.496 e.